The van der Waals surface area contributed by atoms with Crippen molar-refractivity contribution in [2.75, 3.05) is 18.4 Å². The van der Waals surface area contributed by atoms with E-state index in [0.717, 1.165) is 43.7 Å². The Morgan fingerprint density at radius 3 is 2.68 bits per heavy atom. The maximum Gasteiger partial charge on any atom is 0.229 e. The van der Waals surface area contributed by atoms with Crippen LogP contribution in [0.4, 0.5) is 5.69 Å². The number of anilines is 1. The summed E-state index contributed by atoms with van der Waals surface area (Å²) in [6.45, 7) is 2.44. The first-order chi connectivity index (χ1) is 15.0. The van der Waals surface area contributed by atoms with Crippen molar-refractivity contribution in [2.45, 2.75) is 25.4 Å². The number of phenolic OH excluding ortho intramolecular Hbond substituents is 2. The van der Waals surface area contributed by atoms with Crippen LogP contribution in [-0.4, -0.2) is 55.1 Å². The van der Waals surface area contributed by atoms with Gasteiger partial charge in [0.25, 0.3) is 0 Å². The first-order valence-corrected chi connectivity index (χ1v) is 10.6. The summed E-state index contributed by atoms with van der Waals surface area (Å²) < 4.78 is 1.85. The predicted octanol–water partition coefficient (Wildman–Crippen LogP) is 2.71. The van der Waals surface area contributed by atoms with Gasteiger partial charge in [-0.25, -0.2) is 0 Å². The number of aromatic nitrogens is 3. The van der Waals surface area contributed by atoms with E-state index in [1.807, 2.05) is 16.9 Å². The minimum absolute atomic E-state index is 0.0191. The molecular weight excluding hydrogens is 394 g/mol. The van der Waals surface area contributed by atoms with Crippen LogP contribution in [0.5, 0.6) is 11.5 Å². The Kier molecular flexibility index (Phi) is 5.07. The number of carbonyl (C=O) groups is 1. The summed E-state index contributed by atoms with van der Waals surface area (Å²) in [7, 11) is 0. The van der Waals surface area contributed by atoms with E-state index < -0.39 is 0 Å². The van der Waals surface area contributed by atoms with Crippen molar-refractivity contribution in [3.8, 4) is 22.8 Å². The quantitative estimate of drug-likeness (QED) is 0.588. The molecule has 31 heavy (non-hydrogen) atoms. The number of aromatic hydroxyl groups is 2. The minimum atomic E-state index is -0.0500. The van der Waals surface area contributed by atoms with Crippen molar-refractivity contribution in [3.05, 3.63) is 54.7 Å². The molecule has 3 aliphatic rings. The smallest absolute Gasteiger partial charge is 0.229 e. The van der Waals surface area contributed by atoms with Gasteiger partial charge in [-0.15, -0.1) is 5.10 Å². The molecule has 3 aliphatic heterocycles. The van der Waals surface area contributed by atoms with Crippen LogP contribution in [0, 0.1) is 11.8 Å². The molecule has 1 aromatic heterocycles. The number of nitrogens with one attached hydrogen (secondary N) is 1. The van der Waals surface area contributed by atoms with Gasteiger partial charge in [0, 0.05) is 29.9 Å². The van der Waals surface area contributed by atoms with Crippen molar-refractivity contribution >= 4 is 11.6 Å². The van der Waals surface area contributed by atoms with Crippen LogP contribution in [0.15, 0.2) is 54.7 Å². The minimum Gasteiger partial charge on any atom is -0.508 e. The fourth-order valence-corrected chi connectivity index (χ4v) is 4.84. The molecule has 0 spiro atoms. The summed E-state index contributed by atoms with van der Waals surface area (Å²) in [5.41, 5.74) is 2.19. The number of piperidine rings is 3. The largest absolute Gasteiger partial charge is 0.508 e. The Morgan fingerprint density at radius 2 is 1.94 bits per heavy atom. The molecule has 4 atom stereocenters. The molecular formula is C23H25N5O3. The number of amides is 1. The number of rotatable bonds is 5. The van der Waals surface area contributed by atoms with Crippen molar-refractivity contribution in [3.63, 3.8) is 0 Å². The van der Waals surface area contributed by atoms with Crippen LogP contribution in [0.25, 0.3) is 11.3 Å². The van der Waals surface area contributed by atoms with Crippen molar-refractivity contribution < 1.29 is 15.0 Å². The highest BCUT2D eigenvalue weighted by Crippen LogP contribution is 2.37. The first-order valence-electron chi connectivity index (χ1n) is 10.6. The lowest BCUT2D eigenvalue weighted by Gasteiger charge is -2.49. The van der Waals surface area contributed by atoms with Crippen LogP contribution < -0.4 is 5.32 Å². The van der Waals surface area contributed by atoms with Gasteiger partial charge in [-0.1, -0.05) is 23.4 Å². The van der Waals surface area contributed by atoms with Crippen LogP contribution in [0.1, 0.15) is 12.8 Å². The number of benzene rings is 2. The highest BCUT2D eigenvalue weighted by molar-refractivity contribution is 5.93. The number of fused-ring (bicyclic) bond motifs is 3. The number of hydrogen-bond donors (Lipinski definition) is 3. The molecule has 2 bridgehead atoms. The van der Waals surface area contributed by atoms with E-state index in [1.165, 1.54) is 0 Å². The topological polar surface area (TPSA) is 104 Å². The Labute approximate surface area is 180 Å². The summed E-state index contributed by atoms with van der Waals surface area (Å²) in [5, 5.41) is 30.8. The second kappa shape index (κ2) is 8.03. The van der Waals surface area contributed by atoms with Crippen molar-refractivity contribution in [1.29, 1.82) is 0 Å². The molecule has 8 heteroatoms. The third-order valence-corrected chi connectivity index (χ3v) is 6.41. The van der Waals surface area contributed by atoms with E-state index in [9.17, 15) is 15.0 Å². The Hall–Kier alpha value is -3.39. The average Bonchev–Trinajstić information content (AvgIpc) is 3.23. The Morgan fingerprint density at radius 1 is 1.13 bits per heavy atom. The molecule has 0 saturated carbocycles. The molecule has 3 saturated heterocycles. The maximum absolute atomic E-state index is 12.9. The fourth-order valence-electron chi connectivity index (χ4n) is 4.84. The van der Waals surface area contributed by atoms with Crippen molar-refractivity contribution in [1.82, 2.24) is 19.9 Å². The second-order valence-corrected chi connectivity index (χ2v) is 8.46. The van der Waals surface area contributed by atoms with Gasteiger partial charge in [0.05, 0.1) is 18.7 Å². The average molecular weight is 419 g/mol. The maximum atomic E-state index is 12.9. The zero-order valence-electron chi connectivity index (χ0n) is 17.1. The molecule has 6 rings (SSSR count). The third kappa shape index (κ3) is 4.11. The SMILES string of the molecule is O=C(Nc1cccc(O)c1)[C@H]1CN2CC[C@@H]1C[C@@H]2Cn1cc(-c2cccc(O)c2)nn1. The van der Waals surface area contributed by atoms with E-state index in [2.05, 4.69) is 20.5 Å². The highest BCUT2D eigenvalue weighted by Gasteiger charge is 2.43. The Balaban J connectivity index is 1.23. The third-order valence-electron chi connectivity index (χ3n) is 6.41. The van der Waals surface area contributed by atoms with Gasteiger partial charge in [-0.3, -0.25) is 14.4 Å². The van der Waals surface area contributed by atoms with Crippen LogP contribution in [0.3, 0.4) is 0 Å². The Bertz CT molecular complexity index is 1100. The van der Waals surface area contributed by atoms with E-state index in [4.69, 9.17) is 0 Å². The van der Waals surface area contributed by atoms with Gasteiger partial charge in [-0.2, -0.15) is 0 Å². The highest BCUT2D eigenvalue weighted by atomic mass is 16.3. The van der Waals surface area contributed by atoms with E-state index >= 15 is 0 Å². The zero-order chi connectivity index (χ0) is 21.4. The van der Waals surface area contributed by atoms with Gasteiger partial charge in [0.2, 0.25) is 5.91 Å². The molecule has 160 valence electrons. The van der Waals surface area contributed by atoms with E-state index in [1.54, 1.807) is 42.5 Å². The summed E-state index contributed by atoms with van der Waals surface area (Å²) in [6.07, 6.45) is 3.87. The van der Waals surface area contributed by atoms with Crippen LogP contribution in [-0.2, 0) is 11.3 Å². The number of carbonyl (C=O) groups excluding carboxylic acids is 1. The lowest BCUT2D eigenvalue weighted by atomic mass is 9.75. The molecule has 3 aromatic rings. The number of hydrogen-bond acceptors (Lipinski definition) is 6. The fraction of sp³-hybridized carbons (Fsp3) is 0.348. The summed E-state index contributed by atoms with van der Waals surface area (Å²) in [5.74, 6) is 0.653. The van der Waals surface area contributed by atoms with Gasteiger partial charge >= 0.3 is 0 Å². The van der Waals surface area contributed by atoms with E-state index in [0.29, 0.717) is 17.6 Å². The molecule has 3 N–H and O–H groups in total. The lowest BCUT2D eigenvalue weighted by molar-refractivity contribution is -0.127. The molecule has 0 aliphatic carbocycles. The molecule has 8 nitrogen and oxygen atoms in total. The molecule has 1 amide bonds. The molecule has 1 unspecified atom stereocenters. The van der Waals surface area contributed by atoms with Gasteiger partial charge in [0.15, 0.2) is 0 Å². The molecule has 0 radical (unpaired) electrons. The van der Waals surface area contributed by atoms with Crippen molar-refractivity contribution in [2.24, 2.45) is 11.8 Å². The predicted molar refractivity (Wildman–Crippen MR) is 115 cm³/mol. The van der Waals surface area contributed by atoms with Gasteiger partial charge in [0.1, 0.15) is 17.2 Å². The number of phenols is 2. The summed E-state index contributed by atoms with van der Waals surface area (Å²) in [4.78, 5) is 15.2. The monoisotopic (exact) mass is 419 g/mol. The number of nitrogens with zero attached hydrogens (tertiary/aromatic N) is 4. The molecule has 4 heterocycles. The van der Waals surface area contributed by atoms with Crippen LogP contribution >= 0.6 is 0 Å². The molecule has 2 aromatic carbocycles. The standard InChI is InChI=1S/C23H25N5O3/c29-19-5-1-3-16(10-19)22-14-28(26-25-22)12-18-9-15-7-8-27(18)13-21(15)23(31)24-17-4-2-6-20(30)11-17/h1-6,10-11,14-15,18,21,29-30H,7-9,12-13H2,(H,24,31)/t15-,18-,21+/m1/s1. The van der Waals surface area contributed by atoms with Crippen LogP contribution in [0.2, 0.25) is 0 Å². The van der Waals surface area contributed by atoms with Gasteiger partial charge < -0.3 is 15.5 Å². The zero-order valence-corrected chi connectivity index (χ0v) is 17.1. The van der Waals surface area contributed by atoms with E-state index in [-0.39, 0.29) is 23.3 Å². The lowest BCUT2D eigenvalue weighted by Crippen LogP contribution is -2.57. The normalized spacial score (nSPS) is 24.8. The summed E-state index contributed by atoms with van der Waals surface area (Å²) in [6, 6.07) is 14.0. The second-order valence-electron chi connectivity index (χ2n) is 8.46. The summed E-state index contributed by atoms with van der Waals surface area (Å²) >= 11 is 0. The first kappa shape index (κ1) is 19.6. The van der Waals surface area contributed by atoms with Gasteiger partial charge in [-0.05, 0) is 49.6 Å². The molecule has 3 fully saturated rings.